The predicted molar refractivity (Wildman–Crippen MR) is 52.7 cm³/mol. The van der Waals surface area contributed by atoms with Gasteiger partial charge in [0.05, 0.1) is 0 Å². The van der Waals surface area contributed by atoms with E-state index < -0.39 is 0 Å². The van der Waals surface area contributed by atoms with Gasteiger partial charge in [0.15, 0.2) is 10.7 Å². The highest BCUT2D eigenvalue weighted by Crippen LogP contribution is 2.07. The normalized spacial score (nSPS) is 13.8. The lowest BCUT2D eigenvalue weighted by Gasteiger charge is -2.21. The molecule has 0 aromatic heterocycles. The van der Waals surface area contributed by atoms with Gasteiger partial charge in [-0.15, -0.1) is 6.58 Å². The summed E-state index contributed by atoms with van der Waals surface area (Å²) in [7, 11) is 1.94. The first-order valence-electron chi connectivity index (χ1n) is 4.15. The number of rotatable bonds is 5. The van der Waals surface area contributed by atoms with E-state index in [9.17, 15) is 5.11 Å². The zero-order valence-corrected chi connectivity index (χ0v) is 8.14. The quantitative estimate of drug-likeness (QED) is 0.402. The maximum atomic E-state index is 9.19. The van der Waals surface area contributed by atoms with Crippen LogP contribution < -0.4 is 0 Å². The molecule has 0 spiro atoms. The molecule has 0 aliphatic rings. The van der Waals surface area contributed by atoms with Crippen LogP contribution in [-0.4, -0.2) is 29.6 Å². The van der Waals surface area contributed by atoms with Crippen LogP contribution >= 0.6 is 0 Å². The highest BCUT2D eigenvalue weighted by atomic mass is 16.3. The molecule has 0 aliphatic heterocycles. The highest BCUT2D eigenvalue weighted by Gasteiger charge is 2.11. The minimum Gasteiger partial charge on any atom is -0.505 e. The molecule has 0 heterocycles. The molecule has 1 N–H and O–H groups in total. The van der Waals surface area contributed by atoms with E-state index in [1.165, 1.54) is 0 Å². The second-order valence-electron chi connectivity index (χ2n) is 3.02. The van der Waals surface area contributed by atoms with E-state index in [0.717, 1.165) is 12.7 Å². The average Bonchev–Trinajstić information content (AvgIpc) is 2.05. The van der Waals surface area contributed by atoms with Gasteiger partial charge in [0.25, 0.3) is 0 Å². The molecule has 0 bridgehead atoms. The molecule has 0 aromatic carbocycles. The standard InChI is InChI=1S/C9H15N3O/c1-4-5-12(3)8(2)6-9(13)7-11-10/h4,7-8H,1,5-6H2,2-3H3/p+1/b9-7-. The summed E-state index contributed by atoms with van der Waals surface area (Å²) in [4.78, 5) is 4.78. The monoisotopic (exact) mass is 182 g/mol. The van der Waals surface area contributed by atoms with E-state index in [2.05, 4.69) is 11.6 Å². The third kappa shape index (κ3) is 4.99. The van der Waals surface area contributed by atoms with Gasteiger partial charge in [0.2, 0.25) is 5.39 Å². The second kappa shape index (κ2) is 6.21. The Morgan fingerprint density at radius 3 is 2.85 bits per heavy atom. The van der Waals surface area contributed by atoms with Crippen LogP contribution in [0.25, 0.3) is 4.98 Å². The fourth-order valence-electron chi connectivity index (χ4n) is 0.961. The van der Waals surface area contributed by atoms with Crippen LogP contribution in [0.2, 0.25) is 0 Å². The van der Waals surface area contributed by atoms with E-state index in [1.807, 2.05) is 18.9 Å². The number of diazo groups is 1. The molecule has 1 unspecified atom stereocenters. The number of hydrogen-bond acceptors (Lipinski definition) is 3. The van der Waals surface area contributed by atoms with Crippen molar-refractivity contribution in [3.05, 3.63) is 29.6 Å². The zero-order valence-electron chi connectivity index (χ0n) is 8.14. The minimum atomic E-state index is 0.0749. The van der Waals surface area contributed by atoms with Crippen molar-refractivity contribution >= 4 is 0 Å². The van der Waals surface area contributed by atoms with Crippen LogP contribution in [0.3, 0.4) is 0 Å². The fourth-order valence-corrected chi connectivity index (χ4v) is 0.961. The molecule has 72 valence electrons. The smallest absolute Gasteiger partial charge is 0.387 e. The molecule has 4 nitrogen and oxygen atoms in total. The third-order valence-electron chi connectivity index (χ3n) is 1.88. The molecular weight excluding hydrogens is 166 g/mol. The van der Waals surface area contributed by atoms with Crippen molar-refractivity contribution < 1.29 is 5.11 Å². The Bertz CT molecular complexity index is 230. The van der Waals surface area contributed by atoms with Crippen molar-refractivity contribution in [2.75, 3.05) is 13.6 Å². The lowest BCUT2D eigenvalue weighted by Crippen LogP contribution is -2.29. The summed E-state index contributed by atoms with van der Waals surface area (Å²) in [5.74, 6) is 0.0749. The summed E-state index contributed by atoms with van der Waals surface area (Å²) in [6, 6.07) is 0.191. The van der Waals surface area contributed by atoms with Gasteiger partial charge in [0.1, 0.15) is 0 Å². The van der Waals surface area contributed by atoms with Gasteiger partial charge in [-0.3, -0.25) is 4.90 Å². The summed E-state index contributed by atoms with van der Waals surface area (Å²) in [6.07, 6.45) is 3.31. The lowest BCUT2D eigenvalue weighted by atomic mass is 10.2. The van der Waals surface area contributed by atoms with Crippen LogP contribution in [0.5, 0.6) is 0 Å². The van der Waals surface area contributed by atoms with Gasteiger partial charge in [-0.25, -0.2) is 0 Å². The second-order valence-corrected chi connectivity index (χ2v) is 3.02. The van der Waals surface area contributed by atoms with Gasteiger partial charge in [0, 0.05) is 19.0 Å². The predicted octanol–water partition coefficient (Wildman–Crippen LogP) is 2.14. The Hall–Kier alpha value is -1.34. The molecule has 0 rings (SSSR count). The largest absolute Gasteiger partial charge is 0.505 e. The number of hydrogen-bond donors (Lipinski definition) is 1. The Labute approximate surface area is 78.8 Å². The van der Waals surface area contributed by atoms with Crippen LogP contribution in [0.1, 0.15) is 13.3 Å². The summed E-state index contributed by atoms with van der Waals surface area (Å²) in [5, 5.41) is 17.3. The highest BCUT2D eigenvalue weighted by molar-refractivity contribution is 4.98. The number of nitrogens with zero attached hydrogens (tertiary/aromatic N) is 3. The molecule has 0 aromatic rings. The molecule has 0 radical (unpaired) electrons. The van der Waals surface area contributed by atoms with Crippen molar-refractivity contribution in [1.29, 1.82) is 5.39 Å². The molecule has 1 atom stereocenters. The Kier molecular flexibility index (Phi) is 5.57. The fraction of sp³-hybridized carbons (Fsp3) is 0.556. The molecule has 0 saturated heterocycles. The van der Waals surface area contributed by atoms with E-state index >= 15 is 0 Å². The number of aliphatic hydroxyl groups is 1. The van der Waals surface area contributed by atoms with Crippen molar-refractivity contribution in [3.8, 4) is 0 Å². The summed E-state index contributed by atoms with van der Waals surface area (Å²) in [5.41, 5.74) is 0. The van der Waals surface area contributed by atoms with Crippen molar-refractivity contribution in [3.63, 3.8) is 0 Å². The van der Waals surface area contributed by atoms with Crippen molar-refractivity contribution in [1.82, 2.24) is 4.90 Å². The molecule has 13 heavy (non-hydrogen) atoms. The van der Waals surface area contributed by atoms with Gasteiger partial charge >= 0.3 is 6.20 Å². The third-order valence-corrected chi connectivity index (χ3v) is 1.88. The molecular formula is C9H16N3O+. The average molecular weight is 182 g/mol. The first-order chi connectivity index (χ1) is 6.11. The van der Waals surface area contributed by atoms with Crippen molar-refractivity contribution in [2.45, 2.75) is 19.4 Å². The molecule has 0 aliphatic carbocycles. The van der Waals surface area contributed by atoms with Crippen LogP contribution in [0.4, 0.5) is 0 Å². The first-order valence-corrected chi connectivity index (χ1v) is 4.15. The molecule has 0 amide bonds. The van der Waals surface area contributed by atoms with E-state index in [1.54, 1.807) is 6.08 Å². The van der Waals surface area contributed by atoms with Gasteiger partial charge in [-0.2, -0.15) is 0 Å². The Morgan fingerprint density at radius 2 is 2.38 bits per heavy atom. The zero-order chi connectivity index (χ0) is 10.3. The van der Waals surface area contributed by atoms with Crippen LogP contribution in [0, 0.1) is 5.39 Å². The Morgan fingerprint density at radius 1 is 1.77 bits per heavy atom. The number of likely N-dealkylation sites (N-methyl/N-ethyl adjacent to an activating group) is 1. The van der Waals surface area contributed by atoms with Crippen molar-refractivity contribution in [2.24, 2.45) is 0 Å². The maximum Gasteiger partial charge on any atom is 0.387 e. The topological polar surface area (TPSA) is 51.6 Å². The molecule has 0 fully saturated rings. The van der Waals surface area contributed by atoms with E-state index in [4.69, 9.17) is 5.39 Å². The van der Waals surface area contributed by atoms with Crippen LogP contribution in [0.15, 0.2) is 24.6 Å². The summed E-state index contributed by atoms with van der Waals surface area (Å²) in [6.45, 7) is 6.37. The SMILES string of the molecule is C=CCN(C)C(C)C/C(O)=C/[N+]#N. The van der Waals surface area contributed by atoms with Gasteiger partial charge in [-0.1, -0.05) is 6.08 Å². The minimum absolute atomic E-state index is 0.0749. The van der Waals surface area contributed by atoms with Gasteiger partial charge < -0.3 is 5.11 Å². The summed E-state index contributed by atoms with van der Waals surface area (Å²) < 4.78 is 0. The Balaban J connectivity index is 4.00. The molecule has 4 heteroatoms. The number of aliphatic hydroxyl groups excluding tert-OH is 1. The van der Waals surface area contributed by atoms with E-state index in [-0.39, 0.29) is 11.8 Å². The maximum absolute atomic E-state index is 9.19. The lowest BCUT2D eigenvalue weighted by molar-refractivity contribution is 0.253. The molecule has 0 saturated carbocycles. The van der Waals surface area contributed by atoms with Crippen LogP contribution in [-0.2, 0) is 0 Å². The van der Waals surface area contributed by atoms with E-state index in [0.29, 0.717) is 6.42 Å². The first kappa shape index (κ1) is 11.7. The van der Waals surface area contributed by atoms with Gasteiger partial charge in [-0.05, 0) is 14.0 Å². The summed E-state index contributed by atoms with van der Waals surface area (Å²) >= 11 is 0.